The van der Waals surface area contributed by atoms with Crippen molar-refractivity contribution in [1.29, 1.82) is 5.26 Å². The Morgan fingerprint density at radius 3 is 2.77 bits per heavy atom. The fraction of sp³-hybridized carbons (Fsp3) is 0.471. The maximum atomic E-state index is 9.21. The lowest BCUT2D eigenvalue weighted by Crippen LogP contribution is -2.37. The molecule has 1 N–H and O–H groups in total. The largest absolute Gasteiger partial charge is 0.378 e. The number of nitrogens with one attached hydrogen (secondary N) is 1. The molecule has 4 heterocycles. The first-order valence-corrected chi connectivity index (χ1v) is 8.72. The predicted octanol–water partition coefficient (Wildman–Crippen LogP) is 0.666. The van der Waals surface area contributed by atoms with E-state index in [2.05, 4.69) is 41.1 Å². The lowest BCUT2D eigenvalue weighted by molar-refractivity contribution is 0.122. The van der Waals surface area contributed by atoms with Crippen LogP contribution < -0.4 is 15.1 Å². The maximum absolute atomic E-state index is 9.21. The molecule has 0 spiro atoms. The Hall–Kier alpha value is -2.99. The summed E-state index contributed by atoms with van der Waals surface area (Å²) in [4.78, 5) is 21.7. The van der Waals surface area contributed by atoms with Crippen LogP contribution >= 0.6 is 0 Å². The van der Waals surface area contributed by atoms with Gasteiger partial charge in [-0.2, -0.15) is 10.2 Å². The molecule has 2 aliphatic heterocycles. The molecule has 134 valence electrons. The molecule has 9 heteroatoms. The van der Waals surface area contributed by atoms with Gasteiger partial charge in [0.2, 0.25) is 5.95 Å². The van der Waals surface area contributed by atoms with Gasteiger partial charge in [0.1, 0.15) is 11.9 Å². The van der Waals surface area contributed by atoms with Gasteiger partial charge in [-0.3, -0.25) is 0 Å². The van der Waals surface area contributed by atoms with Gasteiger partial charge in [0.15, 0.2) is 11.5 Å². The third kappa shape index (κ3) is 3.50. The van der Waals surface area contributed by atoms with Gasteiger partial charge in [-0.1, -0.05) is 0 Å². The van der Waals surface area contributed by atoms with Gasteiger partial charge in [0, 0.05) is 50.8 Å². The minimum Gasteiger partial charge on any atom is -0.378 e. The van der Waals surface area contributed by atoms with E-state index in [1.54, 1.807) is 18.6 Å². The second-order valence-corrected chi connectivity index (χ2v) is 6.25. The molecule has 2 aromatic heterocycles. The SMILES string of the molecule is N#Cc1nccnc1N1CCC(Nc2nccc(N3CCOCC3)n2)C1. The fourth-order valence-corrected chi connectivity index (χ4v) is 3.28. The van der Waals surface area contributed by atoms with Crippen molar-refractivity contribution in [2.24, 2.45) is 0 Å². The van der Waals surface area contributed by atoms with E-state index >= 15 is 0 Å². The number of aromatic nitrogens is 4. The normalized spacial score (nSPS) is 20.0. The molecule has 0 aliphatic carbocycles. The molecule has 0 amide bonds. The summed E-state index contributed by atoms with van der Waals surface area (Å²) in [5.74, 6) is 2.18. The smallest absolute Gasteiger partial charge is 0.224 e. The van der Waals surface area contributed by atoms with Crippen LogP contribution in [0.4, 0.5) is 17.6 Å². The highest BCUT2D eigenvalue weighted by atomic mass is 16.5. The molecule has 1 atom stereocenters. The van der Waals surface area contributed by atoms with Crippen LogP contribution in [0.3, 0.4) is 0 Å². The van der Waals surface area contributed by atoms with Gasteiger partial charge in [0.05, 0.1) is 13.2 Å². The Labute approximate surface area is 151 Å². The van der Waals surface area contributed by atoms with Gasteiger partial charge >= 0.3 is 0 Å². The van der Waals surface area contributed by atoms with Crippen molar-refractivity contribution in [2.75, 3.05) is 54.5 Å². The number of hydrogen-bond acceptors (Lipinski definition) is 9. The van der Waals surface area contributed by atoms with Gasteiger partial charge in [-0.05, 0) is 12.5 Å². The average Bonchev–Trinajstić information content (AvgIpc) is 3.17. The maximum Gasteiger partial charge on any atom is 0.224 e. The van der Waals surface area contributed by atoms with E-state index in [0.29, 0.717) is 17.5 Å². The lowest BCUT2D eigenvalue weighted by atomic mass is 10.3. The van der Waals surface area contributed by atoms with Crippen molar-refractivity contribution in [3.63, 3.8) is 0 Å². The molecule has 2 fully saturated rings. The molecule has 2 saturated heterocycles. The Kier molecular flexibility index (Phi) is 4.75. The molecule has 4 rings (SSSR count). The zero-order valence-corrected chi connectivity index (χ0v) is 14.4. The van der Waals surface area contributed by atoms with Crippen molar-refractivity contribution < 1.29 is 4.74 Å². The van der Waals surface area contributed by atoms with Gasteiger partial charge < -0.3 is 19.9 Å². The summed E-state index contributed by atoms with van der Waals surface area (Å²) < 4.78 is 5.39. The fourth-order valence-electron chi connectivity index (χ4n) is 3.28. The Morgan fingerprint density at radius 1 is 1.08 bits per heavy atom. The minimum absolute atomic E-state index is 0.198. The highest BCUT2D eigenvalue weighted by molar-refractivity contribution is 5.51. The molecule has 0 saturated carbocycles. The Bertz CT molecular complexity index is 801. The molecular weight excluding hydrogens is 332 g/mol. The van der Waals surface area contributed by atoms with Crippen molar-refractivity contribution in [1.82, 2.24) is 19.9 Å². The summed E-state index contributed by atoms with van der Waals surface area (Å²) in [5.41, 5.74) is 0.360. The summed E-state index contributed by atoms with van der Waals surface area (Å²) in [6.45, 7) is 4.69. The number of nitrogens with zero attached hydrogens (tertiary/aromatic N) is 7. The lowest BCUT2D eigenvalue weighted by Gasteiger charge is -2.28. The molecule has 2 aromatic rings. The van der Waals surface area contributed by atoms with E-state index in [0.717, 1.165) is 51.6 Å². The number of nitriles is 1. The monoisotopic (exact) mass is 352 g/mol. The Morgan fingerprint density at radius 2 is 1.92 bits per heavy atom. The third-order valence-electron chi connectivity index (χ3n) is 4.58. The van der Waals surface area contributed by atoms with E-state index in [1.807, 2.05) is 6.07 Å². The van der Waals surface area contributed by atoms with Gasteiger partial charge in [-0.15, -0.1) is 0 Å². The molecule has 0 radical (unpaired) electrons. The van der Waals surface area contributed by atoms with Crippen LogP contribution in [0.2, 0.25) is 0 Å². The van der Waals surface area contributed by atoms with E-state index in [9.17, 15) is 5.26 Å². The molecule has 2 aliphatic rings. The van der Waals surface area contributed by atoms with E-state index in [4.69, 9.17) is 4.74 Å². The zero-order chi connectivity index (χ0) is 17.8. The van der Waals surface area contributed by atoms with Crippen LogP contribution in [-0.4, -0.2) is 65.4 Å². The molecular formula is C17H20N8O. The quantitative estimate of drug-likeness (QED) is 0.850. The second-order valence-electron chi connectivity index (χ2n) is 6.25. The van der Waals surface area contributed by atoms with Crippen LogP contribution in [0.15, 0.2) is 24.7 Å². The van der Waals surface area contributed by atoms with Gasteiger partial charge in [-0.25, -0.2) is 15.0 Å². The molecule has 1 unspecified atom stereocenters. The van der Waals surface area contributed by atoms with Crippen LogP contribution in [0.1, 0.15) is 12.1 Å². The van der Waals surface area contributed by atoms with Crippen LogP contribution in [0.25, 0.3) is 0 Å². The predicted molar refractivity (Wildman–Crippen MR) is 96.1 cm³/mol. The number of morpholine rings is 1. The van der Waals surface area contributed by atoms with E-state index in [-0.39, 0.29) is 6.04 Å². The van der Waals surface area contributed by atoms with Crippen molar-refractivity contribution in [2.45, 2.75) is 12.5 Å². The third-order valence-corrected chi connectivity index (χ3v) is 4.58. The summed E-state index contributed by atoms with van der Waals surface area (Å²) in [5, 5.41) is 12.6. The van der Waals surface area contributed by atoms with Crippen molar-refractivity contribution in [3.8, 4) is 6.07 Å². The molecule has 0 bridgehead atoms. The van der Waals surface area contributed by atoms with Crippen LogP contribution in [0, 0.1) is 11.3 Å². The average molecular weight is 352 g/mol. The summed E-state index contributed by atoms with van der Waals surface area (Å²) in [6, 6.07) is 4.23. The summed E-state index contributed by atoms with van der Waals surface area (Å²) >= 11 is 0. The molecule has 9 nitrogen and oxygen atoms in total. The zero-order valence-electron chi connectivity index (χ0n) is 14.4. The van der Waals surface area contributed by atoms with Gasteiger partial charge in [0.25, 0.3) is 0 Å². The second kappa shape index (κ2) is 7.49. The first-order chi connectivity index (χ1) is 12.8. The number of ether oxygens (including phenoxy) is 1. The summed E-state index contributed by atoms with van der Waals surface area (Å²) in [6.07, 6.45) is 5.86. The highest BCUT2D eigenvalue weighted by Crippen LogP contribution is 2.22. The van der Waals surface area contributed by atoms with E-state index in [1.165, 1.54) is 0 Å². The molecule has 26 heavy (non-hydrogen) atoms. The standard InChI is InChI=1S/C17H20N8O/c18-11-14-16(20-5-4-19-14)25-6-2-13(12-25)22-17-21-3-1-15(23-17)24-7-9-26-10-8-24/h1,3-5,13H,2,6-10,12H2,(H,21,22,23). The topological polar surface area (TPSA) is 103 Å². The molecule has 0 aromatic carbocycles. The minimum atomic E-state index is 0.198. The number of hydrogen-bond donors (Lipinski definition) is 1. The summed E-state index contributed by atoms with van der Waals surface area (Å²) in [7, 11) is 0. The number of anilines is 3. The van der Waals surface area contributed by atoms with Crippen molar-refractivity contribution in [3.05, 3.63) is 30.4 Å². The van der Waals surface area contributed by atoms with E-state index < -0.39 is 0 Å². The van der Waals surface area contributed by atoms with Crippen LogP contribution in [0.5, 0.6) is 0 Å². The first kappa shape index (κ1) is 16.5. The first-order valence-electron chi connectivity index (χ1n) is 8.72. The number of rotatable bonds is 4. The van der Waals surface area contributed by atoms with Crippen molar-refractivity contribution >= 4 is 17.6 Å². The van der Waals surface area contributed by atoms with Crippen LogP contribution in [-0.2, 0) is 4.74 Å². The Balaban J connectivity index is 1.42. The highest BCUT2D eigenvalue weighted by Gasteiger charge is 2.26.